The number of amides is 3. The van der Waals surface area contributed by atoms with Crippen LogP contribution in [0.1, 0.15) is 70.0 Å². The summed E-state index contributed by atoms with van der Waals surface area (Å²) in [5.74, 6) is -0.739. The Hall–Kier alpha value is -4.26. The highest BCUT2D eigenvalue weighted by Crippen LogP contribution is 2.45. The van der Waals surface area contributed by atoms with Crippen molar-refractivity contribution in [2.45, 2.75) is 38.1 Å². The number of rotatable bonds is 6. The molecule has 1 saturated carbocycles. The van der Waals surface area contributed by atoms with Crippen molar-refractivity contribution in [3.8, 4) is 0 Å². The van der Waals surface area contributed by atoms with E-state index < -0.39 is 0 Å². The lowest BCUT2D eigenvalue weighted by Gasteiger charge is -2.30. The molecule has 4 aromatic carbocycles. The first-order valence-corrected chi connectivity index (χ1v) is 15.6. The van der Waals surface area contributed by atoms with Crippen molar-refractivity contribution < 1.29 is 14.4 Å². The number of hydrazone groups is 1. The predicted octanol–water partition coefficient (Wildman–Crippen LogP) is 8.35. The van der Waals surface area contributed by atoms with Gasteiger partial charge in [-0.15, -0.1) is 0 Å². The van der Waals surface area contributed by atoms with E-state index >= 15 is 0 Å². The number of fused-ring (bicyclic) bond motifs is 1. The van der Waals surface area contributed by atoms with Crippen LogP contribution in [0.5, 0.6) is 0 Å². The van der Waals surface area contributed by atoms with Crippen molar-refractivity contribution in [2.75, 3.05) is 6.54 Å². The van der Waals surface area contributed by atoms with Gasteiger partial charge in [-0.3, -0.25) is 19.3 Å². The second kappa shape index (κ2) is 11.7. The van der Waals surface area contributed by atoms with E-state index in [0.29, 0.717) is 33.0 Å². The summed E-state index contributed by atoms with van der Waals surface area (Å²) in [6, 6.07) is 26.0. The Morgan fingerprint density at radius 2 is 1.50 bits per heavy atom. The van der Waals surface area contributed by atoms with Gasteiger partial charge in [0.2, 0.25) is 5.91 Å². The molecule has 1 fully saturated rings. The fourth-order valence-corrected chi connectivity index (χ4v) is 7.00. The number of imide groups is 1. The average Bonchev–Trinajstić information content (AvgIpc) is 3.43. The summed E-state index contributed by atoms with van der Waals surface area (Å²) in [5, 5.41) is 9.46. The number of carbonyl (C=O) groups excluding carboxylic acids is 3. The summed E-state index contributed by atoms with van der Waals surface area (Å²) in [6.45, 7) is 0.148. The van der Waals surface area contributed by atoms with Gasteiger partial charge in [0.1, 0.15) is 0 Å². The largest absolute Gasteiger partial charge is 0.274 e. The third-order valence-electron chi connectivity index (χ3n) is 8.81. The molecule has 3 amide bonds. The van der Waals surface area contributed by atoms with Crippen LogP contribution in [0.25, 0.3) is 16.8 Å². The van der Waals surface area contributed by atoms with E-state index in [9.17, 15) is 14.4 Å². The number of hydrogen-bond acceptors (Lipinski definition) is 4. The fourth-order valence-electron chi connectivity index (χ4n) is 6.75. The van der Waals surface area contributed by atoms with Crippen LogP contribution in [-0.2, 0) is 4.79 Å². The highest BCUT2D eigenvalue weighted by molar-refractivity contribution is 6.31. The molecular weight excluding hydrogens is 593 g/mol. The maximum absolute atomic E-state index is 13.9. The van der Waals surface area contributed by atoms with Crippen molar-refractivity contribution in [3.63, 3.8) is 0 Å². The van der Waals surface area contributed by atoms with Crippen LogP contribution in [0.15, 0.2) is 95.6 Å². The topological polar surface area (TPSA) is 70.1 Å². The molecule has 220 valence electrons. The minimum atomic E-state index is -0.324. The van der Waals surface area contributed by atoms with E-state index in [0.717, 1.165) is 47.1 Å². The molecule has 44 heavy (non-hydrogen) atoms. The quantitative estimate of drug-likeness (QED) is 0.203. The van der Waals surface area contributed by atoms with E-state index in [1.807, 2.05) is 72.8 Å². The predicted molar refractivity (Wildman–Crippen MR) is 174 cm³/mol. The van der Waals surface area contributed by atoms with E-state index in [1.54, 1.807) is 17.1 Å². The summed E-state index contributed by atoms with van der Waals surface area (Å²) < 4.78 is 0. The van der Waals surface area contributed by atoms with Crippen molar-refractivity contribution in [1.29, 1.82) is 0 Å². The summed E-state index contributed by atoms with van der Waals surface area (Å²) in [6.07, 6.45) is 5.40. The van der Waals surface area contributed by atoms with Gasteiger partial charge in [-0.05, 0) is 90.2 Å². The van der Waals surface area contributed by atoms with E-state index in [-0.39, 0.29) is 42.6 Å². The standard InChI is InChI=1S/C36H29Cl2N3O3/c37-26-16-12-22(13-17-26)21-25-7-3-10-30-33(25)39-41(34(30)24-14-18-27(38)19-15-24)31(42)11-4-20-40-35(43)28-8-1-5-23-6-2-9-29(32(23)28)36(40)44/h1-2,5-6,8-9,12-19,21,30,34H,3-4,7,10-11,20H2. The number of halogens is 2. The third-order valence-corrected chi connectivity index (χ3v) is 9.31. The number of nitrogens with zero attached hydrogens (tertiary/aromatic N) is 3. The fraction of sp³-hybridized carbons (Fsp3) is 0.222. The molecule has 2 atom stereocenters. The van der Waals surface area contributed by atoms with Crippen LogP contribution < -0.4 is 0 Å². The lowest BCUT2D eigenvalue weighted by atomic mass is 9.77. The summed E-state index contributed by atoms with van der Waals surface area (Å²) in [4.78, 5) is 41.8. The molecule has 0 spiro atoms. The zero-order chi connectivity index (χ0) is 30.4. The van der Waals surface area contributed by atoms with Crippen LogP contribution in [0.2, 0.25) is 10.0 Å². The smallest absolute Gasteiger partial charge is 0.261 e. The zero-order valence-corrected chi connectivity index (χ0v) is 25.4. The van der Waals surface area contributed by atoms with Crippen LogP contribution in [-0.4, -0.2) is 39.9 Å². The van der Waals surface area contributed by atoms with Crippen molar-refractivity contribution in [2.24, 2.45) is 11.0 Å². The molecule has 1 aliphatic carbocycles. The second-order valence-corrected chi connectivity index (χ2v) is 12.4. The highest BCUT2D eigenvalue weighted by atomic mass is 35.5. The van der Waals surface area contributed by atoms with Gasteiger partial charge in [0, 0.05) is 45.4 Å². The van der Waals surface area contributed by atoms with Gasteiger partial charge in [0.15, 0.2) is 0 Å². The number of hydrogen-bond donors (Lipinski definition) is 0. The molecule has 2 unspecified atom stereocenters. The maximum Gasteiger partial charge on any atom is 0.261 e. The lowest BCUT2D eigenvalue weighted by Crippen LogP contribution is -2.41. The molecular formula is C36H29Cl2N3O3. The van der Waals surface area contributed by atoms with Crippen molar-refractivity contribution in [3.05, 3.63) is 123 Å². The Morgan fingerprint density at radius 1 is 0.864 bits per heavy atom. The normalized spacial score (nSPS) is 20.3. The van der Waals surface area contributed by atoms with E-state index in [1.165, 1.54) is 4.90 Å². The van der Waals surface area contributed by atoms with E-state index in [4.69, 9.17) is 28.3 Å². The number of allylic oxidation sites excluding steroid dienone is 1. The van der Waals surface area contributed by atoms with Crippen LogP contribution in [0.3, 0.4) is 0 Å². The van der Waals surface area contributed by atoms with Crippen molar-refractivity contribution >= 4 is 63.5 Å². The molecule has 0 radical (unpaired) electrons. The van der Waals surface area contributed by atoms with Gasteiger partial charge in [0.05, 0.1) is 11.8 Å². The Bertz CT molecular complexity index is 1810. The zero-order valence-electron chi connectivity index (χ0n) is 23.9. The van der Waals surface area contributed by atoms with Gasteiger partial charge in [-0.25, -0.2) is 5.01 Å². The summed E-state index contributed by atoms with van der Waals surface area (Å²) in [5.41, 5.74) is 5.10. The van der Waals surface area contributed by atoms with E-state index in [2.05, 4.69) is 6.08 Å². The molecule has 2 heterocycles. The Kier molecular flexibility index (Phi) is 7.57. The van der Waals surface area contributed by atoms with Crippen LogP contribution >= 0.6 is 23.2 Å². The minimum absolute atomic E-state index is 0.0506. The molecule has 0 saturated heterocycles. The summed E-state index contributed by atoms with van der Waals surface area (Å²) in [7, 11) is 0. The monoisotopic (exact) mass is 621 g/mol. The Morgan fingerprint density at radius 3 is 2.16 bits per heavy atom. The van der Waals surface area contributed by atoms with Crippen LogP contribution in [0, 0.1) is 5.92 Å². The first-order valence-electron chi connectivity index (χ1n) is 14.9. The maximum atomic E-state index is 13.9. The number of benzene rings is 4. The van der Waals surface area contributed by atoms with Gasteiger partial charge in [-0.1, -0.05) is 71.7 Å². The molecule has 0 aromatic heterocycles. The molecule has 0 N–H and O–H groups in total. The number of carbonyl (C=O) groups is 3. The molecule has 0 bridgehead atoms. The SMILES string of the molecule is O=C1c2cccc3cccc(c23)C(=O)N1CCCC(=O)N1N=C2C(=Cc3ccc(Cl)cc3)CCCC2C1c1ccc(Cl)cc1. The first-order chi connectivity index (χ1) is 21.4. The Labute approximate surface area is 265 Å². The Balaban J connectivity index is 1.13. The van der Waals surface area contributed by atoms with Crippen molar-refractivity contribution in [1.82, 2.24) is 9.91 Å². The van der Waals surface area contributed by atoms with Gasteiger partial charge < -0.3 is 0 Å². The molecule has 2 aliphatic heterocycles. The average molecular weight is 623 g/mol. The third kappa shape index (κ3) is 5.12. The molecule has 6 nitrogen and oxygen atoms in total. The summed E-state index contributed by atoms with van der Waals surface area (Å²) >= 11 is 12.3. The van der Waals surface area contributed by atoms with Crippen LogP contribution in [0.4, 0.5) is 0 Å². The second-order valence-electron chi connectivity index (χ2n) is 11.5. The lowest BCUT2D eigenvalue weighted by molar-refractivity contribution is -0.133. The highest BCUT2D eigenvalue weighted by Gasteiger charge is 2.43. The minimum Gasteiger partial charge on any atom is -0.274 e. The first kappa shape index (κ1) is 28.5. The molecule has 4 aromatic rings. The molecule has 3 aliphatic rings. The molecule has 7 rings (SSSR count). The van der Waals surface area contributed by atoms with Gasteiger partial charge in [0.25, 0.3) is 11.8 Å². The molecule has 8 heteroatoms. The van der Waals surface area contributed by atoms with Gasteiger partial charge >= 0.3 is 0 Å². The van der Waals surface area contributed by atoms with Gasteiger partial charge in [-0.2, -0.15) is 5.10 Å².